The standard InChI is InChI=1S/C12H12N4OS/c17-12(11-8-14-15-18-11)16-6-5-13-7-9-3-1-2-4-10(9)16/h1-4,8,13H,5-7H2. The van der Waals surface area contributed by atoms with Gasteiger partial charge in [-0.25, -0.2) is 0 Å². The number of fused-ring (bicyclic) bond motifs is 1. The summed E-state index contributed by atoms with van der Waals surface area (Å²) in [7, 11) is 0. The predicted molar refractivity (Wildman–Crippen MR) is 69.7 cm³/mol. The van der Waals surface area contributed by atoms with Crippen molar-refractivity contribution in [2.45, 2.75) is 6.54 Å². The van der Waals surface area contributed by atoms with Gasteiger partial charge in [-0.05, 0) is 23.2 Å². The lowest BCUT2D eigenvalue weighted by molar-refractivity contribution is 0.0991. The van der Waals surface area contributed by atoms with E-state index in [1.165, 1.54) is 6.20 Å². The number of hydrogen-bond acceptors (Lipinski definition) is 5. The number of carbonyl (C=O) groups is 1. The van der Waals surface area contributed by atoms with Crippen molar-refractivity contribution in [3.05, 3.63) is 40.9 Å². The largest absolute Gasteiger partial charge is 0.311 e. The van der Waals surface area contributed by atoms with Crippen molar-refractivity contribution >= 4 is 23.1 Å². The molecule has 3 rings (SSSR count). The molecule has 6 heteroatoms. The molecule has 0 saturated heterocycles. The minimum absolute atomic E-state index is 0.0267. The Labute approximate surface area is 109 Å². The first-order valence-corrected chi connectivity index (χ1v) is 6.51. The molecule has 0 unspecified atom stereocenters. The number of anilines is 1. The van der Waals surface area contributed by atoms with Gasteiger partial charge in [0, 0.05) is 25.3 Å². The summed E-state index contributed by atoms with van der Waals surface area (Å²) in [6.07, 6.45) is 1.52. The molecule has 18 heavy (non-hydrogen) atoms. The van der Waals surface area contributed by atoms with Crippen molar-refractivity contribution < 1.29 is 4.79 Å². The van der Waals surface area contributed by atoms with E-state index >= 15 is 0 Å². The van der Waals surface area contributed by atoms with Gasteiger partial charge in [-0.1, -0.05) is 22.7 Å². The van der Waals surface area contributed by atoms with Crippen LogP contribution in [0.3, 0.4) is 0 Å². The van der Waals surface area contributed by atoms with Crippen molar-refractivity contribution in [1.82, 2.24) is 14.9 Å². The summed E-state index contributed by atoms with van der Waals surface area (Å²) in [5, 5.41) is 7.03. The Morgan fingerprint density at radius 3 is 3.11 bits per heavy atom. The van der Waals surface area contributed by atoms with E-state index in [0.29, 0.717) is 11.4 Å². The number of aromatic nitrogens is 2. The van der Waals surface area contributed by atoms with Crippen molar-refractivity contribution in [3.63, 3.8) is 0 Å². The van der Waals surface area contributed by atoms with Crippen molar-refractivity contribution in [2.24, 2.45) is 0 Å². The van der Waals surface area contributed by atoms with E-state index in [1.54, 1.807) is 4.90 Å². The minimum atomic E-state index is -0.0267. The molecule has 1 aliphatic heterocycles. The maximum atomic E-state index is 12.4. The molecular weight excluding hydrogens is 248 g/mol. The van der Waals surface area contributed by atoms with Gasteiger partial charge in [0.2, 0.25) is 0 Å². The lowest BCUT2D eigenvalue weighted by Gasteiger charge is -2.21. The van der Waals surface area contributed by atoms with Crippen molar-refractivity contribution in [1.29, 1.82) is 0 Å². The molecule has 0 fully saturated rings. The van der Waals surface area contributed by atoms with E-state index in [0.717, 1.165) is 35.9 Å². The van der Waals surface area contributed by atoms with Crippen LogP contribution >= 0.6 is 11.5 Å². The SMILES string of the molecule is O=C(c1cnns1)N1CCNCc2ccccc21. The maximum Gasteiger partial charge on any atom is 0.271 e. The molecule has 1 aromatic heterocycles. The van der Waals surface area contributed by atoms with Crippen molar-refractivity contribution in [3.8, 4) is 0 Å². The Kier molecular flexibility index (Phi) is 3.04. The van der Waals surface area contributed by atoms with Crippen LogP contribution in [0.25, 0.3) is 0 Å². The molecule has 0 atom stereocenters. The second-order valence-corrected chi connectivity index (χ2v) is 4.83. The highest BCUT2D eigenvalue weighted by Crippen LogP contribution is 2.24. The summed E-state index contributed by atoms with van der Waals surface area (Å²) in [5.74, 6) is -0.0267. The summed E-state index contributed by atoms with van der Waals surface area (Å²) in [5.41, 5.74) is 2.11. The van der Waals surface area contributed by atoms with Crippen LogP contribution in [0.5, 0.6) is 0 Å². The van der Waals surface area contributed by atoms with Crippen molar-refractivity contribution in [2.75, 3.05) is 18.0 Å². The van der Waals surface area contributed by atoms with E-state index in [4.69, 9.17) is 0 Å². The van der Waals surface area contributed by atoms with Crippen LogP contribution in [0.4, 0.5) is 5.69 Å². The van der Waals surface area contributed by atoms with Gasteiger partial charge in [0.15, 0.2) is 0 Å². The Balaban J connectivity index is 1.99. The van der Waals surface area contributed by atoms with Gasteiger partial charge >= 0.3 is 0 Å². The number of rotatable bonds is 1. The molecule has 1 N–H and O–H groups in total. The quantitative estimate of drug-likeness (QED) is 0.839. The molecule has 1 amide bonds. The maximum absolute atomic E-state index is 12.4. The Morgan fingerprint density at radius 1 is 1.39 bits per heavy atom. The Hall–Kier alpha value is -1.79. The smallest absolute Gasteiger partial charge is 0.271 e. The second kappa shape index (κ2) is 4.83. The van der Waals surface area contributed by atoms with Gasteiger partial charge in [0.25, 0.3) is 5.91 Å². The average Bonchev–Trinajstić information content (AvgIpc) is 2.85. The Bertz CT molecular complexity index is 555. The zero-order valence-corrected chi connectivity index (χ0v) is 10.5. The fourth-order valence-electron chi connectivity index (χ4n) is 2.06. The minimum Gasteiger partial charge on any atom is -0.311 e. The van der Waals surface area contributed by atoms with E-state index < -0.39 is 0 Å². The van der Waals surface area contributed by atoms with Gasteiger partial charge < -0.3 is 10.2 Å². The Morgan fingerprint density at radius 2 is 2.28 bits per heavy atom. The normalized spacial score (nSPS) is 15.0. The molecular formula is C12H12N4OS. The van der Waals surface area contributed by atoms with Crippen LogP contribution in [-0.4, -0.2) is 28.6 Å². The summed E-state index contributed by atoms with van der Waals surface area (Å²) < 4.78 is 3.75. The zero-order valence-electron chi connectivity index (χ0n) is 9.67. The molecule has 0 spiro atoms. The van der Waals surface area contributed by atoms with Crippen LogP contribution in [0.1, 0.15) is 15.2 Å². The van der Waals surface area contributed by atoms with Gasteiger partial charge in [-0.2, -0.15) is 0 Å². The van der Waals surface area contributed by atoms with Crippen LogP contribution < -0.4 is 10.2 Å². The van der Waals surface area contributed by atoms with Crippen LogP contribution in [0, 0.1) is 0 Å². The molecule has 0 bridgehead atoms. The summed E-state index contributed by atoms with van der Waals surface area (Å²) in [6, 6.07) is 7.96. The van der Waals surface area contributed by atoms with E-state index in [2.05, 4.69) is 14.9 Å². The average molecular weight is 260 g/mol. The first kappa shape index (κ1) is 11.3. The first-order chi connectivity index (χ1) is 8.86. The van der Waals surface area contributed by atoms with Crippen LogP contribution in [-0.2, 0) is 6.54 Å². The van der Waals surface area contributed by atoms with E-state index in [1.807, 2.05) is 24.3 Å². The fraction of sp³-hybridized carbons (Fsp3) is 0.250. The topological polar surface area (TPSA) is 58.1 Å². The zero-order chi connectivity index (χ0) is 12.4. The molecule has 2 aromatic rings. The predicted octanol–water partition coefficient (Wildman–Crippen LogP) is 1.29. The number of hydrogen-bond donors (Lipinski definition) is 1. The number of benzene rings is 1. The third-order valence-electron chi connectivity index (χ3n) is 2.93. The highest BCUT2D eigenvalue weighted by molar-refractivity contribution is 7.07. The summed E-state index contributed by atoms with van der Waals surface area (Å²) >= 11 is 1.13. The van der Waals surface area contributed by atoms with Gasteiger partial charge in [-0.15, -0.1) is 5.10 Å². The lowest BCUT2D eigenvalue weighted by Crippen LogP contribution is -2.34. The molecule has 0 radical (unpaired) electrons. The highest BCUT2D eigenvalue weighted by Gasteiger charge is 2.23. The third-order valence-corrected chi connectivity index (χ3v) is 3.58. The molecule has 92 valence electrons. The summed E-state index contributed by atoms with van der Waals surface area (Å²) in [4.78, 5) is 14.8. The van der Waals surface area contributed by atoms with Gasteiger partial charge in [-0.3, -0.25) is 4.79 Å². The highest BCUT2D eigenvalue weighted by atomic mass is 32.1. The molecule has 1 aliphatic rings. The van der Waals surface area contributed by atoms with Gasteiger partial charge in [0.05, 0.1) is 6.20 Å². The summed E-state index contributed by atoms with van der Waals surface area (Å²) in [6.45, 7) is 2.24. The molecule has 0 aliphatic carbocycles. The molecule has 0 saturated carbocycles. The third kappa shape index (κ3) is 2.00. The molecule has 5 nitrogen and oxygen atoms in total. The van der Waals surface area contributed by atoms with Crippen LogP contribution in [0.2, 0.25) is 0 Å². The number of para-hydroxylation sites is 1. The molecule has 1 aromatic carbocycles. The first-order valence-electron chi connectivity index (χ1n) is 5.74. The monoisotopic (exact) mass is 260 g/mol. The van der Waals surface area contributed by atoms with E-state index in [9.17, 15) is 4.79 Å². The number of nitrogens with one attached hydrogen (secondary N) is 1. The van der Waals surface area contributed by atoms with Crippen LogP contribution in [0.15, 0.2) is 30.5 Å². The number of carbonyl (C=O) groups excluding carboxylic acids is 1. The van der Waals surface area contributed by atoms with Gasteiger partial charge in [0.1, 0.15) is 4.88 Å². The number of amides is 1. The fourth-order valence-corrected chi connectivity index (χ4v) is 2.53. The number of nitrogens with zero attached hydrogens (tertiary/aromatic N) is 3. The second-order valence-electron chi connectivity index (χ2n) is 4.04. The molecule has 2 heterocycles. The van der Waals surface area contributed by atoms with E-state index in [-0.39, 0.29) is 5.91 Å². The lowest BCUT2D eigenvalue weighted by atomic mass is 10.1.